The van der Waals surface area contributed by atoms with Crippen LogP contribution in [-0.2, 0) is 16.6 Å². The van der Waals surface area contributed by atoms with Crippen LogP contribution in [0.5, 0.6) is 0 Å². The standard InChI is InChI=1S/C20H24N4O4S/c1-2-8-29(27,28)22-17-5-6-18-16-9-14(12-24(18)20(17)26)11-23(13-16)19(25)15-4-3-7-21-10-15/h3-7,10,14,16,22H,2,8-9,11-13H2,1H3/t14-,16-/m1/s1. The summed E-state index contributed by atoms with van der Waals surface area (Å²) in [6.07, 6.45) is 4.60. The molecule has 2 aliphatic heterocycles. The van der Waals surface area contributed by atoms with Gasteiger partial charge < -0.3 is 9.47 Å². The normalized spacial score (nSPS) is 20.8. The molecule has 0 aromatic carbocycles. The molecule has 0 saturated carbocycles. The summed E-state index contributed by atoms with van der Waals surface area (Å²) in [5.74, 6) is 0.136. The minimum absolute atomic E-state index is 0.0230. The molecule has 0 spiro atoms. The molecule has 9 heteroatoms. The summed E-state index contributed by atoms with van der Waals surface area (Å²) in [6, 6.07) is 6.86. The van der Waals surface area contributed by atoms with Gasteiger partial charge in [-0.1, -0.05) is 6.92 Å². The molecule has 0 unspecified atom stereocenters. The minimum Gasteiger partial charge on any atom is -0.338 e. The molecule has 2 atom stereocenters. The molecule has 1 fully saturated rings. The van der Waals surface area contributed by atoms with Gasteiger partial charge >= 0.3 is 0 Å². The molecule has 154 valence electrons. The molecular weight excluding hydrogens is 392 g/mol. The lowest BCUT2D eigenvalue weighted by atomic mass is 9.83. The summed E-state index contributed by atoms with van der Waals surface area (Å²) in [4.78, 5) is 31.6. The topological polar surface area (TPSA) is 101 Å². The van der Waals surface area contributed by atoms with Gasteiger partial charge in [0.2, 0.25) is 10.0 Å². The molecule has 2 aliphatic rings. The molecule has 4 heterocycles. The lowest BCUT2D eigenvalue weighted by molar-refractivity contribution is 0.0594. The highest BCUT2D eigenvalue weighted by Gasteiger charge is 2.37. The molecule has 2 aromatic rings. The molecule has 1 N–H and O–H groups in total. The third kappa shape index (κ3) is 3.91. The molecule has 0 aliphatic carbocycles. The van der Waals surface area contributed by atoms with Crippen molar-refractivity contribution in [3.05, 3.63) is 58.3 Å². The van der Waals surface area contributed by atoms with E-state index >= 15 is 0 Å². The van der Waals surface area contributed by atoms with Crippen LogP contribution in [0.25, 0.3) is 0 Å². The molecule has 2 bridgehead atoms. The second kappa shape index (κ2) is 7.62. The maximum Gasteiger partial charge on any atom is 0.275 e. The Morgan fingerprint density at radius 2 is 2.07 bits per heavy atom. The van der Waals surface area contributed by atoms with E-state index in [0.29, 0.717) is 31.6 Å². The number of amides is 1. The van der Waals surface area contributed by atoms with E-state index in [-0.39, 0.29) is 34.7 Å². The lowest BCUT2D eigenvalue weighted by Gasteiger charge is -2.42. The van der Waals surface area contributed by atoms with E-state index < -0.39 is 10.0 Å². The Balaban J connectivity index is 1.59. The predicted molar refractivity (Wildman–Crippen MR) is 109 cm³/mol. The van der Waals surface area contributed by atoms with E-state index in [1.807, 2.05) is 11.0 Å². The second-order valence-electron chi connectivity index (χ2n) is 7.76. The summed E-state index contributed by atoms with van der Waals surface area (Å²) in [5, 5.41) is 0. The van der Waals surface area contributed by atoms with Gasteiger partial charge in [-0.05, 0) is 43.0 Å². The quantitative estimate of drug-likeness (QED) is 0.799. The van der Waals surface area contributed by atoms with Gasteiger partial charge in [-0.3, -0.25) is 19.3 Å². The smallest absolute Gasteiger partial charge is 0.275 e. The third-order valence-corrected chi connectivity index (χ3v) is 7.01. The Morgan fingerprint density at radius 3 is 2.79 bits per heavy atom. The Kier molecular flexibility index (Phi) is 5.16. The average molecular weight is 417 g/mol. The van der Waals surface area contributed by atoms with Crippen molar-refractivity contribution in [2.75, 3.05) is 23.6 Å². The number of piperidine rings is 1. The second-order valence-corrected chi connectivity index (χ2v) is 9.60. The number of rotatable bonds is 5. The van der Waals surface area contributed by atoms with Crippen LogP contribution < -0.4 is 10.3 Å². The van der Waals surface area contributed by atoms with Crippen LogP contribution in [0.1, 0.15) is 41.7 Å². The Morgan fingerprint density at radius 1 is 1.24 bits per heavy atom. The van der Waals surface area contributed by atoms with Gasteiger partial charge in [-0.15, -0.1) is 0 Å². The Bertz CT molecular complexity index is 1080. The summed E-state index contributed by atoms with van der Waals surface area (Å²) < 4.78 is 28.2. The van der Waals surface area contributed by atoms with Crippen molar-refractivity contribution in [1.82, 2.24) is 14.5 Å². The number of pyridine rings is 2. The molecule has 1 saturated heterocycles. The van der Waals surface area contributed by atoms with Crippen molar-refractivity contribution in [2.45, 2.75) is 32.2 Å². The predicted octanol–water partition coefficient (Wildman–Crippen LogP) is 1.65. The molecule has 1 amide bonds. The van der Waals surface area contributed by atoms with Gasteiger partial charge in [0.15, 0.2) is 0 Å². The molecule has 29 heavy (non-hydrogen) atoms. The van der Waals surface area contributed by atoms with Gasteiger partial charge in [-0.2, -0.15) is 0 Å². The average Bonchev–Trinajstić information content (AvgIpc) is 2.70. The van der Waals surface area contributed by atoms with E-state index in [4.69, 9.17) is 0 Å². The molecule has 8 nitrogen and oxygen atoms in total. The van der Waals surface area contributed by atoms with Crippen molar-refractivity contribution >= 4 is 21.6 Å². The van der Waals surface area contributed by atoms with Gasteiger partial charge in [0.1, 0.15) is 5.69 Å². The summed E-state index contributed by atoms with van der Waals surface area (Å²) in [5.41, 5.74) is 1.19. The SMILES string of the molecule is CCCS(=O)(=O)Nc1ccc2n(c1=O)C[C@@H]1C[C@@H]2CN(C(=O)c2cccnc2)C1. The lowest BCUT2D eigenvalue weighted by Crippen LogP contribution is -2.49. The van der Waals surface area contributed by atoms with E-state index in [1.54, 1.807) is 42.1 Å². The third-order valence-electron chi connectivity index (χ3n) is 5.54. The van der Waals surface area contributed by atoms with Crippen LogP contribution in [0, 0.1) is 5.92 Å². The minimum atomic E-state index is -3.53. The van der Waals surface area contributed by atoms with E-state index in [9.17, 15) is 18.0 Å². The van der Waals surface area contributed by atoms with E-state index in [2.05, 4.69) is 9.71 Å². The number of hydrogen-bond donors (Lipinski definition) is 1. The van der Waals surface area contributed by atoms with E-state index in [0.717, 1.165) is 12.1 Å². The first kappa shape index (κ1) is 19.6. The largest absolute Gasteiger partial charge is 0.338 e. The Labute approximate surface area is 169 Å². The maximum atomic E-state index is 12.9. The first-order chi connectivity index (χ1) is 13.9. The molecule has 2 aromatic heterocycles. The summed E-state index contributed by atoms with van der Waals surface area (Å²) in [7, 11) is -3.53. The van der Waals surface area contributed by atoms with Crippen molar-refractivity contribution in [3.63, 3.8) is 0 Å². The zero-order chi connectivity index (χ0) is 20.6. The van der Waals surface area contributed by atoms with Gasteiger partial charge in [0.25, 0.3) is 11.5 Å². The molecule has 0 radical (unpaired) electrons. The fraction of sp³-hybridized carbons (Fsp3) is 0.450. The number of sulfonamides is 1. The van der Waals surface area contributed by atoms with Gasteiger partial charge in [0.05, 0.1) is 11.3 Å². The first-order valence-electron chi connectivity index (χ1n) is 9.81. The fourth-order valence-corrected chi connectivity index (χ4v) is 5.48. The zero-order valence-electron chi connectivity index (χ0n) is 16.2. The van der Waals surface area contributed by atoms with E-state index in [1.165, 1.54) is 0 Å². The summed E-state index contributed by atoms with van der Waals surface area (Å²) >= 11 is 0. The number of carbonyl (C=O) groups excluding carboxylic acids is 1. The number of carbonyl (C=O) groups is 1. The summed E-state index contributed by atoms with van der Waals surface area (Å²) in [6.45, 7) is 3.36. The number of nitrogens with zero attached hydrogens (tertiary/aromatic N) is 3. The number of anilines is 1. The number of hydrogen-bond acceptors (Lipinski definition) is 5. The van der Waals surface area contributed by atoms with Crippen LogP contribution in [0.4, 0.5) is 5.69 Å². The van der Waals surface area contributed by atoms with Crippen molar-refractivity contribution in [1.29, 1.82) is 0 Å². The highest BCUT2D eigenvalue weighted by atomic mass is 32.2. The van der Waals surface area contributed by atoms with Gasteiger partial charge in [-0.25, -0.2) is 8.42 Å². The highest BCUT2D eigenvalue weighted by molar-refractivity contribution is 7.92. The first-order valence-corrected chi connectivity index (χ1v) is 11.5. The highest BCUT2D eigenvalue weighted by Crippen LogP contribution is 2.36. The van der Waals surface area contributed by atoms with Crippen molar-refractivity contribution in [2.24, 2.45) is 5.92 Å². The monoisotopic (exact) mass is 416 g/mol. The van der Waals surface area contributed by atoms with Crippen LogP contribution in [0.15, 0.2) is 41.5 Å². The number of likely N-dealkylation sites (tertiary alicyclic amines) is 1. The fourth-order valence-electron chi connectivity index (χ4n) is 4.35. The number of fused-ring (bicyclic) bond motifs is 4. The maximum absolute atomic E-state index is 12.9. The van der Waals surface area contributed by atoms with Crippen molar-refractivity contribution < 1.29 is 13.2 Å². The van der Waals surface area contributed by atoms with Crippen molar-refractivity contribution in [3.8, 4) is 0 Å². The van der Waals surface area contributed by atoms with Gasteiger partial charge in [0, 0.05) is 43.6 Å². The number of nitrogens with one attached hydrogen (secondary N) is 1. The van der Waals surface area contributed by atoms with Crippen LogP contribution in [0.3, 0.4) is 0 Å². The molecular formula is C20H24N4O4S. The van der Waals surface area contributed by atoms with Crippen LogP contribution in [0.2, 0.25) is 0 Å². The zero-order valence-corrected chi connectivity index (χ0v) is 17.1. The van der Waals surface area contributed by atoms with Crippen LogP contribution >= 0.6 is 0 Å². The van der Waals surface area contributed by atoms with Crippen LogP contribution in [-0.4, -0.2) is 47.6 Å². The Hall–Kier alpha value is -2.68. The number of aromatic nitrogens is 2. The molecule has 4 rings (SSSR count).